The highest BCUT2D eigenvalue weighted by Gasteiger charge is 2.27. The molecule has 0 radical (unpaired) electrons. The van der Waals surface area contributed by atoms with E-state index in [0.29, 0.717) is 12.3 Å². The smallest absolute Gasteiger partial charge is 0.180 e. The first-order chi connectivity index (χ1) is 6.76. The van der Waals surface area contributed by atoms with Gasteiger partial charge in [0.2, 0.25) is 0 Å². The minimum absolute atomic E-state index is 0.293. The molecular weight excluding hydrogens is 188 g/mol. The molecule has 0 unspecified atom stereocenters. The molecular formula is C8H14N2O4. The molecule has 0 bridgehead atoms. The zero-order valence-electron chi connectivity index (χ0n) is 7.68. The Balaban J connectivity index is 2.48. The van der Waals surface area contributed by atoms with E-state index in [1.165, 1.54) is 12.6 Å². The zero-order valence-corrected chi connectivity index (χ0v) is 7.68. The van der Waals surface area contributed by atoms with Crippen LogP contribution in [0.3, 0.4) is 0 Å². The zero-order chi connectivity index (χ0) is 10.4. The predicted octanol–water partition coefficient (Wildman–Crippen LogP) is -1.52. The molecule has 4 N–H and O–H groups in total. The Morgan fingerprint density at radius 1 is 1.29 bits per heavy atom. The molecule has 0 aromatic carbocycles. The van der Waals surface area contributed by atoms with Crippen molar-refractivity contribution in [1.82, 2.24) is 10.3 Å². The molecule has 0 saturated heterocycles. The molecule has 0 amide bonds. The second kappa shape index (κ2) is 5.06. The lowest BCUT2D eigenvalue weighted by atomic mass is 10.0. The highest BCUT2D eigenvalue weighted by Crippen LogP contribution is 2.04. The fourth-order valence-corrected chi connectivity index (χ4v) is 0.922. The summed E-state index contributed by atoms with van der Waals surface area (Å²) in [7, 11) is 0. The molecule has 1 aromatic rings. The van der Waals surface area contributed by atoms with Crippen molar-refractivity contribution >= 4 is 0 Å². The van der Waals surface area contributed by atoms with Crippen LogP contribution in [0.5, 0.6) is 0 Å². The van der Waals surface area contributed by atoms with Gasteiger partial charge >= 0.3 is 0 Å². The minimum atomic E-state index is -1.08. The van der Waals surface area contributed by atoms with Gasteiger partial charge < -0.3 is 19.7 Å². The largest absolute Gasteiger partial charge is 0.447 e. The van der Waals surface area contributed by atoms with Crippen molar-refractivity contribution in [3.63, 3.8) is 0 Å². The molecule has 0 saturated carbocycles. The van der Waals surface area contributed by atoms with Gasteiger partial charge in [-0.25, -0.2) is 4.98 Å². The fourth-order valence-electron chi connectivity index (χ4n) is 0.922. The summed E-state index contributed by atoms with van der Waals surface area (Å²) in [5.74, 6) is 0.574. The van der Waals surface area contributed by atoms with Crippen molar-refractivity contribution < 1.29 is 19.7 Å². The van der Waals surface area contributed by atoms with E-state index in [-0.39, 0.29) is 19.8 Å². The molecule has 1 aromatic heterocycles. The maximum absolute atomic E-state index is 8.98. The van der Waals surface area contributed by atoms with Gasteiger partial charge in [0, 0.05) is 0 Å². The highest BCUT2D eigenvalue weighted by atomic mass is 16.3. The fraction of sp³-hybridized carbons (Fsp3) is 0.625. The first-order valence-electron chi connectivity index (χ1n) is 4.21. The normalized spacial score (nSPS) is 11.9. The monoisotopic (exact) mass is 202 g/mol. The molecule has 6 heteroatoms. The van der Waals surface area contributed by atoms with Crippen molar-refractivity contribution in [2.24, 2.45) is 0 Å². The van der Waals surface area contributed by atoms with Gasteiger partial charge in [-0.1, -0.05) is 0 Å². The summed E-state index contributed by atoms with van der Waals surface area (Å²) in [5, 5.41) is 29.7. The van der Waals surface area contributed by atoms with Crippen molar-refractivity contribution in [2.75, 3.05) is 19.8 Å². The Kier molecular flexibility index (Phi) is 4.02. The van der Waals surface area contributed by atoms with Gasteiger partial charge in [0.1, 0.15) is 5.76 Å². The lowest BCUT2D eigenvalue weighted by molar-refractivity contribution is 0.0402. The average molecular weight is 202 g/mol. The Labute approximate surface area is 81.2 Å². The second-order valence-electron chi connectivity index (χ2n) is 3.08. The van der Waals surface area contributed by atoms with E-state index in [1.807, 2.05) is 0 Å². The molecule has 0 aliphatic carbocycles. The molecule has 1 heterocycles. The summed E-state index contributed by atoms with van der Waals surface area (Å²) in [4.78, 5) is 3.71. The lowest BCUT2D eigenvalue weighted by Crippen LogP contribution is -2.54. The quantitative estimate of drug-likeness (QED) is 0.447. The van der Waals surface area contributed by atoms with Crippen molar-refractivity contribution in [3.05, 3.63) is 18.4 Å². The summed E-state index contributed by atoms with van der Waals surface area (Å²) in [6.07, 6.45) is 2.80. The van der Waals surface area contributed by atoms with Crippen molar-refractivity contribution in [3.8, 4) is 0 Å². The van der Waals surface area contributed by atoms with Gasteiger partial charge in [0.15, 0.2) is 6.39 Å². The maximum atomic E-state index is 8.98. The van der Waals surface area contributed by atoms with Crippen LogP contribution in [-0.2, 0) is 6.54 Å². The number of nitrogens with zero attached hydrogens (tertiary/aromatic N) is 1. The topological polar surface area (TPSA) is 98.8 Å². The van der Waals surface area contributed by atoms with Gasteiger partial charge in [-0.3, -0.25) is 5.32 Å². The van der Waals surface area contributed by atoms with Crippen LogP contribution in [0, 0.1) is 0 Å². The number of hydrogen-bond acceptors (Lipinski definition) is 6. The van der Waals surface area contributed by atoms with Crippen LogP contribution in [0.25, 0.3) is 0 Å². The van der Waals surface area contributed by atoms with E-state index in [0.717, 1.165) is 0 Å². The van der Waals surface area contributed by atoms with Gasteiger partial charge in [0.25, 0.3) is 0 Å². The Morgan fingerprint density at radius 3 is 2.36 bits per heavy atom. The summed E-state index contributed by atoms with van der Waals surface area (Å²) in [5.41, 5.74) is -1.08. The molecule has 14 heavy (non-hydrogen) atoms. The summed E-state index contributed by atoms with van der Waals surface area (Å²) in [6.45, 7) is -0.766. The van der Waals surface area contributed by atoms with Crippen molar-refractivity contribution in [1.29, 1.82) is 0 Å². The van der Waals surface area contributed by atoms with Crippen LogP contribution in [0.1, 0.15) is 5.76 Å². The molecule has 0 atom stereocenters. The van der Waals surface area contributed by atoms with Crippen LogP contribution in [0.15, 0.2) is 17.0 Å². The van der Waals surface area contributed by atoms with Gasteiger partial charge in [0.05, 0.1) is 38.1 Å². The van der Waals surface area contributed by atoms with E-state index in [9.17, 15) is 0 Å². The number of aliphatic hydroxyl groups excluding tert-OH is 3. The lowest BCUT2D eigenvalue weighted by Gasteiger charge is -2.28. The number of oxazole rings is 1. The molecule has 0 spiro atoms. The van der Waals surface area contributed by atoms with E-state index in [4.69, 9.17) is 19.7 Å². The van der Waals surface area contributed by atoms with E-state index < -0.39 is 5.54 Å². The number of rotatable bonds is 6. The Bertz CT molecular complexity index is 238. The van der Waals surface area contributed by atoms with Gasteiger partial charge in [-0.2, -0.15) is 0 Å². The van der Waals surface area contributed by atoms with Crippen LogP contribution in [0.4, 0.5) is 0 Å². The number of aromatic nitrogens is 1. The predicted molar refractivity (Wildman–Crippen MR) is 47.3 cm³/mol. The van der Waals surface area contributed by atoms with E-state index in [2.05, 4.69) is 10.3 Å². The number of nitrogens with one attached hydrogen (secondary N) is 1. The third-order valence-corrected chi connectivity index (χ3v) is 2.03. The average Bonchev–Trinajstić information content (AvgIpc) is 2.74. The molecule has 1 rings (SSSR count). The number of hydrogen-bond donors (Lipinski definition) is 4. The maximum Gasteiger partial charge on any atom is 0.180 e. The van der Waals surface area contributed by atoms with Crippen LogP contribution in [0.2, 0.25) is 0 Å². The van der Waals surface area contributed by atoms with Gasteiger partial charge in [-0.05, 0) is 0 Å². The molecule has 0 aliphatic rings. The molecule has 0 aliphatic heterocycles. The molecule has 80 valence electrons. The third-order valence-electron chi connectivity index (χ3n) is 2.03. The molecule has 0 fully saturated rings. The van der Waals surface area contributed by atoms with Crippen molar-refractivity contribution in [2.45, 2.75) is 12.1 Å². The summed E-state index contributed by atoms with van der Waals surface area (Å²) >= 11 is 0. The van der Waals surface area contributed by atoms with Crippen LogP contribution in [-0.4, -0.2) is 45.7 Å². The summed E-state index contributed by atoms with van der Waals surface area (Å²) < 4.78 is 4.94. The number of aliphatic hydroxyl groups is 3. The van der Waals surface area contributed by atoms with Gasteiger partial charge in [-0.15, -0.1) is 0 Å². The Morgan fingerprint density at radius 2 is 1.93 bits per heavy atom. The first-order valence-corrected chi connectivity index (χ1v) is 4.21. The third kappa shape index (κ3) is 2.52. The van der Waals surface area contributed by atoms with E-state index >= 15 is 0 Å². The highest BCUT2D eigenvalue weighted by molar-refractivity contribution is 4.93. The second-order valence-corrected chi connectivity index (χ2v) is 3.08. The first kappa shape index (κ1) is 11.1. The Hall–Kier alpha value is -0.950. The van der Waals surface area contributed by atoms with Crippen LogP contribution >= 0.6 is 0 Å². The minimum Gasteiger partial charge on any atom is -0.447 e. The van der Waals surface area contributed by atoms with E-state index in [1.54, 1.807) is 0 Å². The molecule has 6 nitrogen and oxygen atoms in total. The van der Waals surface area contributed by atoms with Crippen LogP contribution < -0.4 is 5.32 Å². The SMILES string of the molecule is OCC(CO)(CO)NCc1cnco1. The summed E-state index contributed by atoms with van der Waals surface area (Å²) in [6, 6.07) is 0. The standard InChI is InChI=1S/C8H14N2O4/c11-3-8(4-12,5-13)10-2-7-1-9-6-14-7/h1,6,10-13H,2-5H2.